The van der Waals surface area contributed by atoms with E-state index in [0.717, 1.165) is 28.0 Å². The predicted molar refractivity (Wildman–Crippen MR) is 107 cm³/mol. The number of nitrogens with zero attached hydrogens (tertiary/aromatic N) is 2. The first-order valence-electron chi connectivity index (χ1n) is 8.91. The van der Waals surface area contributed by atoms with Gasteiger partial charge in [-0.05, 0) is 31.5 Å². The van der Waals surface area contributed by atoms with E-state index in [2.05, 4.69) is 10.5 Å². The molecule has 7 heteroatoms. The van der Waals surface area contributed by atoms with Crippen LogP contribution in [0.15, 0.2) is 58.0 Å². The number of carbonyl (C=O) groups is 1. The molecular formula is C21H18ClN3O3. The molecule has 0 bridgehead atoms. The molecule has 1 aliphatic rings. The number of benzene rings is 2. The number of fused-ring (bicyclic) bond motifs is 3. The minimum Gasteiger partial charge on any atom is -0.450 e. The van der Waals surface area contributed by atoms with Crippen molar-refractivity contribution in [2.45, 2.75) is 20.0 Å². The minimum atomic E-state index is -0.746. The maximum absolute atomic E-state index is 12.1. The highest BCUT2D eigenvalue weighted by Gasteiger charge is 2.30. The topological polar surface area (TPSA) is 76.7 Å². The van der Waals surface area contributed by atoms with E-state index >= 15 is 0 Å². The second kappa shape index (κ2) is 7.48. The van der Waals surface area contributed by atoms with Crippen molar-refractivity contribution in [2.24, 2.45) is 4.99 Å². The van der Waals surface area contributed by atoms with Gasteiger partial charge in [-0.15, -0.1) is 0 Å². The molecule has 1 atom stereocenters. The van der Waals surface area contributed by atoms with E-state index < -0.39 is 12.3 Å². The number of hydrogen-bond acceptors (Lipinski definition) is 5. The molecule has 28 heavy (non-hydrogen) atoms. The fraction of sp³-hybridized carbons (Fsp3) is 0.190. The third-order valence-electron chi connectivity index (χ3n) is 4.51. The number of ether oxygens (including phenoxy) is 1. The first-order valence-corrected chi connectivity index (χ1v) is 9.29. The third kappa shape index (κ3) is 3.27. The van der Waals surface area contributed by atoms with Gasteiger partial charge in [0.1, 0.15) is 11.5 Å². The second-order valence-electron chi connectivity index (χ2n) is 6.30. The fourth-order valence-corrected chi connectivity index (χ4v) is 3.42. The molecule has 0 radical (unpaired) electrons. The molecule has 1 unspecified atom stereocenters. The van der Waals surface area contributed by atoms with Crippen LogP contribution in [0.1, 0.15) is 35.7 Å². The number of carbonyl (C=O) groups excluding carboxylic acids is 1. The Morgan fingerprint density at radius 2 is 1.89 bits per heavy atom. The molecule has 0 fully saturated rings. The molecule has 0 saturated heterocycles. The number of aliphatic imine (C=N–C) groups is 1. The van der Waals surface area contributed by atoms with Gasteiger partial charge >= 0.3 is 6.09 Å². The van der Waals surface area contributed by atoms with Gasteiger partial charge in [0.25, 0.3) is 0 Å². The fourth-order valence-electron chi connectivity index (χ4n) is 3.29. The van der Waals surface area contributed by atoms with Crippen LogP contribution in [0.5, 0.6) is 0 Å². The van der Waals surface area contributed by atoms with Crippen LogP contribution in [-0.2, 0) is 4.74 Å². The first kappa shape index (κ1) is 18.3. The molecule has 1 N–H and O–H groups in total. The van der Waals surface area contributed by atoms with Crippen LogP contribution >= 0.6 is 11.6 Å². The Morgan fingerprint density at radius 1 is 1.18 bits per heavy atom. The molecule has 0 spiro atoms. The lowest BCUT2D eigenvalue weighted by molar-refractivity contribution is 0.148. The molecule has 0 saturated carbocycles. The van der Waals surface area contributed by atoms with Gasteiger partial charge < -0.3 is 9.26 Å². The van der Waals surface area contributed by atoms with E-state index in [0.29, 0.717) is 16.5 Å². The van der Waals surface area contributed by atoms with Crippen LogP contribution in [0.3, 0.4) is 0 Å². The Hall–Kier alpha value is -3.12. The smallest absolute Gasteiger partial charge is 0.409 e. The molecule has 1 aromatic heterocycles. The van der Waals surface area contributed by atoms with Gasteiger partial charge in [0.05, 0.1) is 17.9 Å². The summed E-state index contributed by atoms with van der Waals surface area (Å²) in [5.41, 5.74) is 4.84. The number of hydrogen-bond donors (Lipinski definition) is 1. The molecule has 0 aliphatic carbocycles. The van der Waals surface area contributed by atoms with Crippen molar-refractivity contribution in [3.05, 3.63) is 76.1 Å². The molecule has 2 aromatic carbocycles. The van der Waals surface area contributed by atoms with E-state index in [-0.39, 0.29) is 6.61 Å². The Bertz CT molecular complexity index is 1060. The van der Waals surface area contributed by atoms with Gasteiger partial charge in [-0.3, -0.25) is 10.3 Å². The Kier molecular flexibility index (Phi) is 4.88. The summed E-state index contributed by atoms with van der Waals surface area (Å²) in [6.07, 6.45) is -1.31. The molecule has 142 valence electrons. The quantitative estimate of drug-likeness (QED) is 0.684. The van der Waals surface area contributed by atoms with Crippen molar-refractivity contribution in [2.75, 3.05) is 6.61 Å². The molecule has 1 aliphatic heterocycles. The van der Waals surface area contributed by atoms with E-state index in [1.54, 1.807) is 6.92 Å². The average molecular weight is 396 g/mol. The molecule has 6 nitrogen and oxygen atoms in total. The highest BCUT2D eigenvalue weighted by molar-refractivity contribution is 6.30. The lowest BCUT2D eigenvalue weighted by Gasteiger charge is -2.13. The second-order valence-corrected chi connectivity index (χ2v) is 6.73. The monoisotopic (exact) mass is 395 g/mol. The van der Waals surface area contributed by atoms with E-state index in [1.807, 2.05) is 55.5 Å². The zero-order valence-corrected chi connectivity index (χ0v) is 16.2. The summed E-state index contributed by atoms with van der Waals surface area (Å²) in [5.74, 6) is 0.658. The zero-order valence-electron chi connectivity index (χ0n) is 15.4. The summed E-state index contributed by atoms with van der Waals surface area (Å²) < 4.78 is 10.5. The third-order valence-corrected chi connectivity index (χ3v) is 4.76. The predicted octanol–water partition coefficient (Wildman–Crippen LogP) is 4.90. The van der Waals surface area contributed by atoms with Gasteiger partial charge in [-0.1, -0.05) is 53.2 Å². The number of aromatic nitrogens is 1. The largest absolute Gasteiger partial charge is 0.450 e. The van der Waals surface area contributed by atoms with Gasteiger partial charge in [-0.2, -0.15) is 0 Å². The highest BCUT2D eigenvalue weighted by Crippen LogP contribution is 2.38. The lowest BCUT2D eigenvalue weighted by Crippen LogP contribution is -2.29. The summed E-state index contributed by atoms with van der Waals surface area (Å²) in [7, 11) is 0. The average Bonchev–Trinajstić information content (AvgIpc) is 3.01. The van der Waals surface area contributed by atoms with Crippen molar-refractivity contribution < 1.29 is 14.1 Å². The van der Waals surface area contributed by atoms with E-state index in [9.17, 15) is 4.79 Å². The van der Waals surface area contributed by atoms with E-state index in [4.69, 9.17) is 25.9 Å². The zero-order chi connectivity index (χ0) is 19.7. The summed E-state index contributed by atoms with van der Waals surface area (Å²) >= 11 is 6.06. The van der Waals surface area contributed by atoms with Crippen LogP contribution in [0.4, 0.5) is 4.79 Å². The van der Waals surface area contributed by atoms with Crippen molar-refractivity contribution in [3.63, 3.8) is 0 Å². The number of nitrogens with one attached hydrogen (secondary N) is 1. The standard InChI is InChI=1S/C21H18ClN3O3/c1-3-27-21(26)24-20-19-17(12(2)28-25-19)15-6-4-5-7-16(15)18(23-20)13-8-10-14(22)11-9-13/h4-11,20H,3H2,1-2H3,(H,24,26). The van der Waals surface area contributed by atoms with Gasteiger partial charge in [-0.25, -0.2) is 4.79 Å². The maximum Gasteiger partial charge on any atom is 0.409 e. The maximum atomic E-state index is 12.1. The van der Waals surface area contributed by atoms with Crippen LogP contribution in [0.2, 0.25) is 5.02 Å². The van der Waals surface area contributed by atoms with Gasteiger partial charge in [0.2, 0.25) is 0 Å². The summed E-state index contributed by atoms with van der Waals surface area (Å²) in [5, 5.41) is 7.60. The first-order chi connectivity index (χ1) is 13.6. The molecule has 1 amide bonds. The molecular weight excluding hydrogens is 378 g/mol. The Balaban J connectivity index is 1.92. The number of halogens is 1. The van der Waals surface area contributed by atoms with Gasteiger partial charge in [0, 0.05) is 16.1 Å². The molecule has 3 aromatic rings. The van der Waals surface area contributed by atoms with Gasteiger partial charge in [0.15, 0.2) is 6.17 Å². The van der Waals surface area contributed by atoms with Crippen LogP contribution in [-0.4, -0.2) is 23.6 Å². The number of alkyl carbamates (subject to hydrolysis) is 1. The molecule has 4 rings (SSSR count). The van der Waals surface area contributed by atoms with Crippen LogP contribution in [0.25, 0.3) is 11.1 Å². The summed E-state index contributed by atoms with van der Waals surface area (Å²) in [6.45, 7) is 3.85. The normalized spacial score (nSPS) is 15.1. The minimum absolute atomic E-state index is 0.261. The number of amides is 1. The summed E-state index contributed by atoms with van der Waals surface area (Å²) in [4.78, 5) is 17.0. The van der Waals surface area contributed by atoms with Crippen molar-refractivity contribution >= 4 is 23.4 Å². The molecule has 2 heterocycles. The van der Waals surface area contributed by atoms with Crippen LogP contribution in [0, 0.1) is 6.92 Å². The Morgan fingerprint density at radius 3 is 2.61 bits per heavy atom. The van der Waals surface area contributed by atoms with Crippen molar-refractivity contribution in [1.82, 2.24) is 10.5 Å². The lowest BCUT2D eigenvalue weighted by atomic mass is 9.93. The SMILES string of the molecule is CCOC(=O)NC1N=C(c2ccc(Cl)cc2)c2ccccc2-c2c1noc2C. The van der Waals surface area contributed by atoms with Crippen LogP contribution < -0.4 is 5.32 Å². The summed E-state index contributed by atoms with van der Waals surface area (Å²) in [6, 6.07) is 15.3. The number of rotatable bonds is 3. The number of aryl methyl sites for hydroxylation is 1. The van der Waals surface area contributed by atoms with Crippen molar-refractivity contribution in [1.29, 1.82) is 0 Å². The van der Waals surface area contributed by atoms with Crippen molar-refractivity contribution in [3.8, 4) is 11.1 Å². The Labute approximate surface area is 167 Å². The highest BCUT2D eigenvalue weighted by atomic mass is 35.5. The van der Waals surface area contributed by atoms with E-state index in [1.165, 1.54) is 0 Å².